The number of rotatable bonds is 9. The van der Waals surface area contributed by atoms with E-state index in [1.165, 1.54) is 31.3 Å². The fourth-order valence-corrected chi connectivity index (χ4v) is 5.36. The number of halogens is 1. The van der Waals surface area contributed by atoms with Crippen molar-refractivity contribution in [1.82, 2.24) is 14.8 Å². The Labute approximate surface area is 186 Å². The van der Waals surface area contributed by atoms with Crippen molar-refractivity contribution in [3.05, 3.63) is 53.1 Å². The predicted molar refractivity (Wildman–Crippen MR) is 114 cm³/mol. The number of nitrogen functional groups attached to an aromatic ring is 1. The van der Waals surface area contributed by atoms with Gasteiger partial charge in [0.2, 0.25) is 0 Å². The van der Waals surface area contributed by atoms with Crippen LogP contribution < -0.4 is 21.2 Å². The number of nitrogens with zero attached hydrogens (tertiary/aromatic N) is 2. The van der Waals surface area contributed by atoms with Crippen LogP contribution in [0.25, 0.3) is 0 Å². The van der Waals surface area contributed by atoms with Crippen molar-refractivity contribution in [2.75, 3.05) is 12.3 Å². The number of anilines is 1. The van der Waals surface area contributed by atoms with E-state index in [4.69, 9.17) is 19.6 Å². The molecule has 1 aliphatic heterocycles. The van der Waals surface area contributed by atoms with Gasteiger partial charge in [0.25, 0.3) is 0 Å². The maximum Gasteiger partial charge on any atom is 0.491 e. The zero-order valence-electron chi connectivity index (χ0n) is 16.9. The molecule has 0 bridgehead atoms. The number of benzene rings is 1. The first-order valence-electron chi connectivity index (χ1n) is 9.51. The van der Waals surface area contributed by atoms with Gasteiger partial charge in [0.15, 0.2) is 6.17 Å². The summed E-state index contributed by atoms with van der Waals surface area (Å²) in [4.78, 5) is 31.8. The third-order valence-electron chi connectivity index (χ3n) is 4.36. The number of aliphatic hydroxyl groups is 1. The molecule has 0 aliphatic carbocycles. The average Bonchev–Trinajstić information content (AvgIpc) is 3.05. The molecule has 1 fully saturated rings. The molecule has 1 aromatic carbocycles. The van der Waals surface area contributed by atoms with Gasteiger partial charge in [-0.3, -0.25) is 13.9 Å². The molecule has 4 N–H and O–H groups in total. The van der Waals surface area contributed by atoms with Crippen LogP contribution in [0.15, 0.2) is 47.4 Å². The van der Waals surface area contributed by atoms with Crippen LogP contribution in [-0.2, 0) is 18.7 Å². The largest absolute Gasteiger partial charge is 0.491 e. The Kier molecular flexibility index (Phi) is 7.91. The Balaban J connectivity index is 1.72. The van der Waals surface area contributed by atoms with E-state index in [1.807, 2.05) is 5.25 Å². The number of hydrogen-bond acceptors (Lipinski definition) is 10. The number of thioether (sulfide) groups is 1. The molecule has 14 heteroatoms. The van der Waals surface area contributed by atoms with Gasteiger partial charge in [-0.2, -0.15) is 4.98 Å². The second-order valence-electron chi connectivity index (χ2n) is 6.66. The maximum absolute atomic E-state index is 14.7. The van der Waals surface area contributed by atoms with Crippen molar-refractivity contribution in [1.29, 1.82) is 0 Å². The lowest BCUT2D eigenvalue weighted by Gasteiger charge is -2.21. The third-order valence-corrected chi connectivity index (χ3v) is 7.14. The Morgan fingerprint density at radius 2 is 2.09 bits per heavy atom. The van der Waals surface area contributed by atoms with Gasteiger partial charge in [0, 0.05) is 12.6 Å². The van der Waals surface area contributed by atoms with Crippen molar-refractivity contribution >= 4 is 31.3 Å². The number of aliphatic hydroxyl groups excluding tert-OH is 1. The number of alkyl halides is 1. The lowest BCUT2D eigenvalue weighted by molar-refractivity contribution is -0.147. The molecule has 1 aromatic heterocycles. The highest BCUT2D eigenvalue weighted by atomic mass is 32.2. The molecule has 5 atom stereocenters. The minimum atomic E-state index is -4.25. The molecule has 32 heavy (non-hydrogen) atoms. The molecule has 1 saturated heterocycles. The molecule has 2 aromatic rings. The summed E-state index contributed by atoms with van der Waals surface area (Å²) in [5.41, 5.74) is 4.68. The number of carbonyl (C=O) groups is 1. The van der Waals surface area contributed by atoms with Crippen LogP contribution in [0.4, 0.5) is 10.2 Å². The topological polar surface area (TPSA) is 155 Å². The molecule has 0 saturated carbocycles. The van der Waals surface area contributed by atoms with E-state index in [-0.39, 0.29) is 18.0 Å². The van der Waals surface area contributed by atoms with Crippen LogP contribution in [0.1, 0.15) is 18.7 Å². The summed E-state index contributed by atoms with van der Waals surface area (Å²) < 4.78 is 39.5. The number of nitrogens with two attached hydrogens (primary N) is 1. The van der Waals surface area contributed by atoms with Crippen LogP contribution in [0, 0.1) is 0 Å². The molecule has 174 valence electrons. The molecular weight excluding hydrogens is 466 g/mol. The molecule has 1 aliphatic rings. The maximum atomic E-state index is 14.7. The Morgan fingerprint density at radius 3 is 2.75 bits per heavy atom. The lowest BCUT2D eigenvalue weighted by Crippen LogP contribution is -2.34. The first kappa shape index (κ1) is 24.2. The van der Waals surface area contributed by atoms with Gasteiger partial charge in [-0.05, 0) is 23.4 Å². The van der Waals surface area contributed by atoms with Gasteiger partial charge >= 0.3 is 19.4 Å². The summed E-state index contributed by atoms with van der Waals surface area (Å²) in [7, 11) is -4.25. The van der Waals surface area contributed by atoms with Crippen LogP contribution >= 0.6 is 19.5 Å². The molecule has 0 spiro atoms. The van der Waals surface area contributed by atoms with Crippen LogP contribution in [0.2, 0.25) is 0 Å². The van der Waals surface area contributed by atoms with Crippen LogP contribution in [-0.4, -0.2) is 44.8 Å². The molecular formula is C18H22FN4O7PS. The van der Waals surface area contributed by atoms with E-state index in [1.54, 1.807) is 18.2 Å². The van der Waals surface area contributed by atoms with Crippen LogP contribution in [0.5, 0.6) is 5.75 Å². The monoisotopic (exact) mass is 488 g/mol. The first-order chi connectivity index (χ1) is 15.2. The number of hydrogen-bond donors (Lipinski definition) is 3. The molecule has 0 amide bonds. The molecule has 0 unspecified atom stereocenters. The normalized spacial score (nSPS) is 24.6. The fourth-order valence-electron chi connectivity index (χ4n) is 2.73. The van der Waals surface area contributed by atoms with Gasteiger partial charge in [0.05, 0.1) is 11.9 Å². The van der Waals surface area contributed by atoms with E-state index in [9.17, 15) is 23.7 Å². The quantitative estimate of drug-likeness (QED) is 0.349. The van der Waals surface area contributed by atoms with Crippen molar-refractivity contribution < 1.29 is 32.7 Å². The predicted octanol–water partition coefficient (Wildman–Crippen LogP) is 1.80. The first-order valence-corrected chi connectivity index (χ1v) is 12.0. The summed E-state index contributed by atoms with van der Waals surface area (Å²) in [6, 6.07) is 9.32. The fraction of sp³-hybridized carbons (Fsp3) is 0.389. The Hall–Kier alpha value is -2.44. The smallest absolute Gasteiger partial charge is 0.411 e. The number of nitrogens with one attached hydrogen (secondary N) is 1. The van der Waals surface area contributed by atoms with E-state index >= 15 is 0 Å². The zero-order chi connectivity index (χ0) is 23.3. The van der Waals surface area contributed by atoms with E-state index in [2.05, 4.69) is 4.98 Å². The number of para-hydroxylation sites is 1. The van der Waals surface area contributed by atoms with E-state index in [0.717, 1.165) is 16.3 Å². The van der Waals surface area contributed by atoms with Crippen molar-refractivity contribution in [2.45, 2.75) is 36.2 Å². The van der Waals surface area contributed by atoms with Crippen molar-refractivity contribution in [3.63, 3.8) is 0 Å². The van der Waals surface area contributed by atoms with Gasteiger partial charge in [-0.1, -0.05) is 25.1 Å². The second kappa shape index (κ2) is 10.5. The van der Waals surface area contributed by atoms with E-state index < -0.39 is 48.9 Å². The van der Waals surface area contributed by atoms with Gasteiger partial charge in [0.1, 0.15) is 23.0 Å². The average molecular weight is 488 g/mol. The lowest BCUT2D eigenvalue weighted by atomic mass is 10.1. The molecule has 0 radical (unpaired) electrons. The summed E-state index contributed by atoms with van der Waals surface area (Å²) in [5.74, 6) is -0.562. The van der Waals surface area contributed by atoms with Crippen molar-refractivity contribution in [3.8, 4) is 5.75 Å². The zero-order valence-corrected chi connectivity index (χ0v) is 18.6. The second-order valence-corrected chi connectivity index (χ2v) is 9.64. The van der Waals surface area contributed by atoms with Gasteiger partial charge in [-0.25, -0.2) is 13.8 Å². The number of carbonyl (C=O) groups excluding carboxylic acids is 1. The van der Waals surface area contributed by atoms with Gasteiger partial charge in [-0.15, -0.1) is 11.8 Å². The van der Waals surface area contributed by atoms with Crippen molar-refractivity contribution in [2.24, 2.45) is 0 Å². The highest BCUT2D eigenvalue weighted by Gasteiger charge is 2.46. The summed E-state index contributed by atoms with van der Waals surface area (Å²) in [5, 5.41) is 10.3. The highest BCUT2D eigenvalue weighted by Crippen LogP contribution is 2.48. The van der Waals surface area contributed by atoms with Crippen LogP contribution in [0.3, 0.4) is 0 Å². The molecule has 3 rings (SSSR count). The summed E-state index contributed by atoms with van der Waals surface area (Å²) >= 11 is 0.896. The minimum Gasteiger partial charge on any atom is -0.411 e. The molecule has 2 heterocycles. The molecule has 11 nitrogen and oxygen atoms in total. The van der Waals surface area contributed by atoms with E-state index in [0.29, 0.717) is 0 Å². The minimum absolute atomic E-state index is 0.00508. The summed E-state index contributed by atoms with van der Waals surface area (Å²) in [6.45, 7) is 1.09. The standard InChI is InChI=1S/C18H22FN4O7PS/c1-2-14(24)29-22-31(27,30-11-6-4-3-5-7-11)28-10-12-16(25)15(19)17(32-12)23-9-8-13(20)21-18(23)26/h3-9,12,15-17,25H,2,10H2,1H3,(H,22,27)(H2,20,21,26)/t12-,15+,16-,17-,31+/m1/s1. The van der Waals surface area contributed by atoms with Gasteiger partial charge < -0.3 is 20.2 Å². The highest BCUT2D eigenvalue weighted by molar-refractivity contribution is 8.00. The Bertz CT molecular complexity index is 1040. The third kappa shape index (κ3) is 5.87. The summed E-state index contributed by atoms with van der Waals surface area (Å²) in [6.07, 6.45) is -2.10. The number of aromatic nitrogens is 2. The Morgan fingerprint density at radius 1 is 1.38 bits per heavy atom. The SMILES string of the molecule is CCC(=O)ON[P@](=O)(OC[C@H]1S[C@@H](n2ccc(N)nc2=O)[C@@H](F)[C@@H]1O)Oc1ccccc1.